The molecule has 1 fully saturated rings. The van der Waals surface area contributed by atoms with Crippen LogP contribution in [0, 0.1) is 0 Å². The Kier molecular flexibility index (Phi) is 2.96. The summed E-state index contributed by atoms with van der Waals surface area (Å²) in [5.41, 5.74) is 1.50. The molecule has 2 nitrogen and oxygen atoms in total. The Hall–Kier alpha value is -1.02. The van der Waals surface area contributed by atoms with Gasteiger partial charge in [0.2, 0.25) is 0 Å². The molecule has 1 aliphatic rings. The number of hydrogen-bond donors (Lipinski definition) is 2. The van der Waals surface area contributed by atoms with E-state index in [1.54, 1.807) is 0 Å². The SMILES string of the molecule is CC1(C)CC(Nc2ccccc2)CCN1. The third-order valence-electron chi connectivity index (χ3n) is 3.00. The number of anilines is 1. The quantitative estimate of drug-likeness (QED) is 0.774. The molecule has 1 aromatic rings. The van der Waals surface area contributed by atoms with Gasteiger partial charge in [-0.05, 0) is 45.4 Å². The van der Waals surface area contributed by atoms with E-state index in [1.165, 1.54) is 18.5 Å². The van der Waals surface area contributed by atoms with E-state index in [0.29, 0.717) is 6.04 Å². The summed E-state index contributed by atoms with van der Waals surface area (Å²) < 4.78 is 0. The van der Waals surface area contributed by atoms with Crippen LogP contribution >= 0.6 is 0 Å². The number of nitrogens with one attached hydrogen (secondary N) is 2. The molecule has 0 radical (unpaired) electrons. The number of rotatable bonds is 2. The van der Waals surface area contributed by atoms with Crippen molar-refractivity contribution >= 4 is 5.69 Å². The second-order valence-electron chi connectivity index (χ2n) is 5.01. The summed E-state index contributed by atoms with van der Waals surface area (Å²) in [5.74, 6) is 0. The maximum absolute atomic E-state index is 3.60. The first kappa shape index (κ1) is 10.5. The molecule has 82 valence electrons. The summed E-state index contributed by atoms with van der Waals surface area (Å²) >= 11 is 0. The molecular formula is C13H20N2. The van der Waals surface area contributed by atoms with E-state index in [9.17, 15) is 0 Å². The van der Waals surface area contributed by atoms with E-state index in [-0.39, 0.29) is 5.54 Å². The monoisotopic (exact) mass is 204 g/mol. The van der Waals surface area contributed by atoms with Gasteiger partial charge in [0.1, 0.15) is 0 Å². The van der Waals surface area contributed by atoms with Crippen LogP contribution in [-0.2, 0) is 0 Å². The largest absolute Gasteiger partial charge is 0.382 e. The highest BCUT2D eigenvalue weighted by molar-refractivity contribution is 5.43. The average Bonchev–Trinajstić information content (AvgIpc) is 2.17. The standard InChI is InChI=1S/C13H20N2/c1-13(2)10-12(8-9-14-13)15-11-6-4-3-5-7-11/h3-7,12,14-15H,8-10H2,1-2H3. The van der Waals surface area contributed by atoms with E-state index in [1.807, 2.05) is 0 Å². The van der Waals surface area contributed by atoms with Crippen molar-refractivity contribution in [2.24, 2.45) is 0 Å². The first-order valence-electron chi connectivity index (χ1n) is 5.72. The molecule has 1 heterocycles. The fourth-order valence-corrected chi connectivity index (χ4v) is 2.27. The second kappa shape index (κ2) is 4.23. The molecule has 1 unspecified atom stereocenters. The lowest BCUT2D eigenvalue weighted by Crippen LogP contribution is -2.49. The summed E-state index contributed by atoms with van der Waals surface area (Å²) in [4.78, 5) is 0. The highest BCUT2D eigenvalue weighted by Crippen LogP contribution is 2.21. The zero-order valence-corrected chi connectivity index (χ0v) is 9.59. The van der Waals surface area contributed by atoms with Crippen molar-refractivity contribution in [2.45, 2.75) is 38.3 Å². The van der Waals surface area contributed by atoms with Crippen molar-refractivity contribution < 1.29 is 0 Å². The van der Waals surface area contributed by atoms with Crippen LogP contribution in [0.3, 0.4) is 0 Å². The molecule has 2 rings (SSSR count). The third-order valence-corrected chi connectivity index (χ3v) is 3.00. The first-order valence-corrected chi connectivity index (χ1v) is 5.72. The molecule has 0 amide bonds. The molecule has 0 spiro atoms. The Bertz CT molecular complexity index is 306. The number of hydrogen-bond acceptors (Lipinski definition) is 2. The van der Waals surface area contributed by atoms with Crippen molar-refractivity contribution in [3.63, 3.8) is 0 Å². The van der Waals surface area contributed by atoms with Gasteiger partial charge in [0, 0.05) is 17.3 Å². The molecule has 0 bridgehead atoms. The van der Waals surface area contributed by atoms with Crippen LogP contribution in [0.25, 0.3) is 0 Å². The van der Waals surface area contributed by atoms with Gasteiger partial charge in [-0.3, -0.25) is 0 Å². The zero-order valence-electron chi connectivity index (χ0n) is 9.59. The molecule has 0 aliphatic carbocycles. The van der Waals surface area contributed by atoms with E-state index in [0.717, 1.165) is 6.54 Å². The predicted molar refractivity (Wildman–Crippen MR) is 65.2 cm³/mol. The Morgan fingerprint density at radius 2 is 2.00 bits per heavy atom. The number of para-hydroxylation sites is 1. The molecule has 1 saturated heterocycles. The molecule has 1 aliphatic heterocycles. The van der Waals surface area contributed by atoms with Crippen LogP contribution in [0.5, 0.6) is 0 Å². The van der Waals surface area contributed by atoms with Crippen LogP contribution in [-0.4, -0.2) is 18.1 Å². The third kappa shape index (κ3) is 2.96. The molecule has 2 N–H and O–H groups in total. The van der Waals surface area contributed by atoms with Crippen molar-refractivity contribution in [2.75, 3.05) is 11.9 Å². The average molecular weight is 204 g/mol. The van der Waals surface area contributed by atoms with E-state index in [4.69, 9.17) is 0 Å². The van der Waals surface area contributed by atoms with Crippen LogP contribution in [0.2, 0.25) is 0 Å². The van der Waals surface area contributed by atoms with Crippen LogP contribution in [0.4, 0.5) is 5.69 Å². The summed E-state index contributed by atoms with van der Waals surface area (Å²) in [6.45, 7) is 5.65. The summed E-state index contributed by atoms with van der Waals surface area (Å²) in [7, 11) is 0. The Morgan fingerprint density at radius 1 is 1.27 bits per heavy atom. The maximum Gasteiger partial charge on any atom is 0.0342 e. The maximum atomic E-state index is 3.60. The topological polar surface area (TPSA) is 24.1 Å². The van der Waals surface area contributed by atoms with Gasteiger partial charge in [0.05, 0.1) is 0 Å². The van der Waals surface area contributed by atoms with E-state index < -0.39 is 0 Å². The summed E-state index contributed by atoms with van der Waals surface area (Å²) in [6, 6.07) is 11.1. The molecule has 1 aromatic carbocycles. The van der Waals surface area contributed by atoms with E-state index in [2.05, 4.69) is 54.8 Å². The van der Waals surface area contributed by atoms with Gasteiger partial charge in [-0.15, -0.1) is 0 Å². The molecular weight excluding hydrogens is 184 g/mol. The second-order valence-corrected chi connectivity index (χ2v) is 5.01. The van der Waals surface area contributed by atoms with Gasteiger partial charge >= 0.3 is 0 Å². The minimum Gasteiger partial charge on any atom is -0.382 e. The Labute approximate surface area is 92.1 Å². The minimum atomic E-state index is 0.269. The van der Waals surface area contributed by atoms with Gasteiger partial charge in [-0.2, -0.15) is 0 Å². The molecule has 0 saturated carbocycles. The molecule has 1 atom stereocenters. The highest BCUT2D eigenvalue weighted by Gasteiger charge is 2.26. The lowest BCUT2D eigenvalue weighted by atomic mass is 9.89. The van der Waals surface area contributed by atoms with Crippen LogP contribution in [0.15, 0.2) is 30.3 Å². The van der Waals surface area contributed by atoms with Crippen molar-refractivity contribution in [3.8, 4) is 0 Å². The summed E-state index contributed by atoms with van der Waals surface area (Å²) in [5, 5.41) is 7.13. The normalized spacial score (nSPS) is 24.8. The zero-order chi connectivity index (χ0) is 10.7. The number of benzene rings is 1. The van der Waals surface area contributed by atoms with Crippen molar-refractivity contribution in [1.82, 2.24) is 5.32 Å². The smallest absolute Gasteiger partial charge is 0.0342 e. The lowest BCUT2D eigenvalue weighted by Gasteiger charge is -2.37. The predicted octanol–water partition coefficient (Wildman–Crippen LogP) is 2.63. The van der Waals surface area contributed by atoms with Gasteiger partial charge in [0.15, 0.2) is 0 Å². The fourth-order valence-electron chi connectivity index (χ4n) is 2.27. The first-order chi connectivity index (χ1) is 7.16. The fraction of sp³-hybridized carbons (Fsp3) is 0.538. The number of piperidine rings is 1. The molecule has 2 heteroatoms. The van der Waals surface area contributed by atoms with Gasteiger partial charge < -0.3 is 10.6 Å². The van der Waals surface area contributed by atoms with Gasteiger partial charge in [0.25, 0.3) is 0 Å². The van der Waals surface area contributed by atoms with Gasteiger partial charge in [-0.25, -0.2) is 0 Å². The molecule has 0 aromatic heterocycles. The highest BCUT2D eigenvalue weighted by atomic mass is 15.0. The van der Waals surface area contributed by atoms with Crippen LogP contribution in [0.1, 0.15) is 26.7 Å². The van der Waals surface area contributed by atoms with Crippen molar-refractivity contribution in [3.05, 3.63) is 30.3 Å². The minimum absolute atomic E-state index is 0.269. The lowest BCUT2D eigenvalue weighted by molar-refractivity contribution is 0.286. The molecule has 15 heavy (non-hydrogen) atoms. The van der Waals surface area contributed by atoms with Gasteiger partial charge in [-0.1, -0.05) is 18.2 Å². The van der Waals surface area contributed by atoms with Crippen molar-refractivity contribution in [1.29, 1.82) is 0 Å². The Balaban J connectivity index is 1.95. The Morgan fingerprint density at radius 3 is 2.67 bits per heavy atom. The van der Waals surface area contributed by atoms with E-state index >= 15 is 0 Å². The summed E-state index contributed by atoms with van der Waals surface area (Å²) in [6.07, 6.45) is 2.39. The van der Waals surface area contributed by atoms with Crippen LogP contribution < -0.4 is 10.6 Å².